The quantitative estimate of drug-likeness (QED) is 0.0269. The van der Waals surface area contributed by atoms with Crippen LogP contribution in [0.2, 0.25) is 0 Å². The summed E-state index contributed by atoms with van der Waals surface area (Å²) in [6.07, 6.45) is 37.5. The van der Waals surface area contributed by atoms with Gasteiger partial charge in [-0.3, -0.25) is 13.8 Å². The molecule has 3 N–H and O–H groups in total. The fourth-order valence-electron chi connectivity index (χ4n) is 5.44. The van der Waals surface area contributed by atoms with E-state index in [2.05, 4.69) is 24.4 Å². The molecule has 0 aromatic rings. The van der Waals surface area contributed by atoms with E-state index in [1.807, 2.05) is 27.2 Å². The summed E-state index contributed by atoms with van der Waals surface area (Å²) < 4.78 is 22.8. The number of allylic oxidation sites excluding steroid dienone is 3. The van der Waals surface area contributed by atoms with Crippen LogP contribution < -0.4 is 5.32 Å². The highest BCUT2D eigenvalue weighted by molar-refractivity contribution is 7.47. The van der Waals surface area contributed by atoms with Crippen molar-refractivity contribution in [2.24, 2.45) is 0 Å². The molecule has 0 aliphatic carbocycles. The van der Waals surface area contributed by atoms with E-state index in [0.29, 0.717) is 11.0 Å². The van der Waals surface area contributed by atoms with Crippen LogP contribution in [0.25, 0.3) is 0 Å². The summed E-state index contributed by atoms with van der Waals surface area (Å²) in [4.78, 5) is 21.5. The van der Waals surface area contributed by atoms with Gasteiger partial charge in [0.25, 0.3) is 0 Å². The first-order valence-corrected chi connectivity index (χ1v) is 20.7. The maximum atomic E-state index is 12.2. The van der Waals surface area contributed by atoms with Gasteiger partial charge in [-0.25, -0.2) is 4.57 Å². The second-order valence-corrected chi connectivity index (χ2v) is 15.8. The van der Waals surface area contributed by atoms with Gasteiger partial charge in [-0.2, -0.15) is 0 Å². The lowest BCUT2D eigenvalue weighted by Crippen LogP contribution is -2.44. The van der Waals surface area contributed by atoms with Crippen molar-refractivity contribution in [3.05, 3.63) is 24.3 Å². The summed E-state index contributed by atoms with van der Waals surface area (Å²) in [5.41, 5.74) is 0. The monoisotopic (exact) mass is 688 g/mol. The topological polar surface area (TPSA) is 105 Å². The smallest absolute Gasteiger partial charge is 0.387 e. The average molecular weight is 688 g/mol. The Hall–Kier alpha value is -1.02. The third-order valence-electron chi connectivity index (χ3n) is 8.46. The Morgan fingerprint density at radius 1 is 0.702 bits per heavy atom. The Balaban J connectivity index is 3.76. The molecule has 0 rings (SSSR count). The van der Waals surface area contributed by atoms with Gasteiger partial charge >= 0.3 is 7.82 Å². The molecule has 0 aliphatic rings. The number of rotatable bonds is 34. The van der Waals surface area contributed by atoms with Gasteiger partial charge in [0.05, 0.1) is 39.9 Å². The molecule has 0 spiro atoms. The maximum Gasteiger partial charge on any atom is 0.472 e. The summed E-state index contributed by atoms with van der Waals surface area (Å²) in [5, 5.41) is 13.1. The van der Waals surface area contributed by atoms with E-state index in [1.54, 1.807) is 6.08 Å². The minimum absolute atomic E-state index is 0.0532. The molecule has 0 aromatic heterocycles. The van der Waals surface area contributed by atoms with Gasteiger partial charge in [0.2, 0.25) is 5.91 Å². The summed E-state index contributed by atoms with van der Waals surface area (Å²) in [6, 6.07) is -0.860. The highest BCUT2D eigenvalue weighted by atomic mass is 31.2. The van der Waals surface area contributed by atoms with Crippen LogP contribution in [0.15, 0.2) is 24.3 Å². The minimum Gasteiger partial charge on any atom is -0.387 e. The minimum atomic E-state index is -4.29. The van der Waals surface area contributed by atoms with Crippen molar-refractivity contribution < 1.29 is 32.9 Å². The number of likely N-dealkylation sites (N-methyl/N-ethyl adjacent to an activating group) is 1. The number of hydrogen-bond donors (Lipinski definition) is 3. The number of carbonyl (C=O) groups is 1. The lowest BCUT2D eigenvalue weighted by Gasteiger charge is -2.25. The van der Waals surface area contributed by atoms with Gasteiger partial charge in [-0.05, 0) is 25.7 Å². The van der Waals surface area contributed by atoms with Crippen LogP contribution >= 0.6 is 7.82 Å². The van der Waals surface area contributed by atoms with Crippen molar-refractivity contribution in [1.29, 1.82) is 0 Å². The Bertz CT molecular complexity index is 829. The largest absolute Gasteiger partial charge is 0.472 e. The third kappa shape index (κ3) is 34.6. The number of quaternary nitrogens is 1. The molecule has 0 bridgehead atoms. The van der Waals surface area contributed by atoms with Gasteiger partial charge in [0.15, 0.2) is 0 Å². The van der Waals surface area contributed by atoms with E-state index in [4.69, 9.17) is 9.05 Å². The molecule has 3 atom stereocenters. The predicted molar refractivity (Wildman–Crippen MR) is 198 cm³/mol. The first kappa shape index (κ1) is 46.0. The molecule has 0 aromatic carbocycles. The Morgan fingerprint density at radius 2 is 1.13 bits per heavy atom. The fourth-order valence-corrected chi connectivity index (χ4v) is 6.18. The Morgan fingerprint density at radius 3 is 1.57 bits per heavy atom. The second-order valence-electron chi connectivity index (χ2n) is 14.4. The number of aliphatic hydroxyl groups is 1. The van der Waals surface area contributed by atoms with Crippen LogP contribution in [0.4, 0.5) is 0 Å². The third-order valence-corrected chi connectivity index (χ3v) is 9.44. The Labute approximate surface area is 290 Å². The highest BCUT2D eigenvalue weighted by Crippen LogP contribution is 2.43. The Kier molecular flexibility index (Phi) is 30.3. The van der Waals surface area contributed by atoms with Crippen molar-refractivity contribution in [2.45, 2.75) is 174 Å². The van der Waals surface area contributed by atoms with E-state index in [0.717, 1.165) is 19.3 Å². The lowest BCUT2D eigenvalue weighted by atomic mass is 10.0. The molecule has 9 heteroatoms. The van der Waals surface area contributed by atoms with Crippen molar-refractivity contribution in [2.75, 3.05) is 40.9 Å². The summed E-state index contributed by atoms with van der Waals surface area (Å²) >= 11 is 0. The van der Waals surface area contributed by atoms with E-state index >= 15 is 0 Å². The molecule has 0 fully saturated rings. The van der Waals surface area contributed by atoms with Gasteiger partial charge < -0.3 is 19.8 Å². The molecule has 0 aliphatic heterocycles. The lowest BCUT2D eigenvalue weighted by molar-refractivity contribution is -0.870. The highest BCUT2D eigenvalue weighted by Gasteiger charge is 2.27. The van der Waals surface area contributed by atoms with E-state index < -0.39 is 20.0 Å². The molecule has 278 valence electrons. The molecule has 1 amide bonds. The number of nitrogens with one attached hydrogen (secondary N) is 1. The van der Waals surface area contributed by atoms with Crippen LogP contribution in [-0.4, -0.2) is 73.4 Å². The zero-order chi connectivity index (χ0) is 35.1. The molecule has 3 unspecified atom stereocenters. The summed E-state index contributed by atoms with van der Waals surface area (Å²) in [7, 11) is 1.54. The van der Waals surface area contributed by atoms with Crippen molar-refractivity contribution in [3.8, 4) is 0 Å². The summed E-state index contributed by atoms with van der Waals surface area (Å²) in [5.74, 6) is -0.363. The number of phosphoric ester groups is 1. The first-order valence-electron chi connectivity index (χ1n) is 19.2. The van der Waals surface area contributed by atoms with Crippen LogP contribution in [-0.2, 0) is 18.4 Å². The number of nitrogens with zero attached hydrogens (tertiary/aromatic N) is 1. The van der Waals surface area contributed by atoms with Crippen LogP contribution in [0, 0.1) is 0 Å². The molecule has 0 saturated carbocycles. The molecular formula is C38H76N2O6P+. The standard InChI is InChI=1S/C38H75N2O6P/c1-6-7-8-9-10-11-12-13-14-15-16-17-18-19-20-21-22-23-24-25-26-27-28-29-30-31-32-38(42)37(39-36(2)41)35-46-47(43,44)45-34-33-40(3,4)5/h27-28,31-32,37-38,42H,6-26,29-30,33-35H2,1-5H3,(H-,39,41,43,44)/p+1/b28-27+,32-31+. The molecular weight excluding hydrogens is 611 g/mol. The first-order chi connectivity index (χ1) is 22.5. The molecule has 8 nitrogen and oxygen atoms in total. The number of phosphoric acid groups is 1. The molecule has 47 heavy (non-hydrogen) atoms. The molecule has 0 heterocycles. The maximum absolute atomic E-state index is 12.2. The van der Waals surface area contributed by atoms with E-state index in [-0.39, 0.29) is 19.1 Å². The fraction of sp³-hybridized carbons (Fsp3) is 0.868. The van der Waals surface area contributed by atoms with Crippen LogP contribution in [0.1, 0.15) is 162 Å². The summed E-state index contributed by atoms with van der Waals surface area (Å²) in [6.45, 7) is 3.85. The number of hydrogen-bond acceptors (Lipinski definition) is 5. The number of unbranched alkanes of at least 4 members (excludes halogenated alkanes) is 21. The van der Waals surface area contributed by atoms with E-state index in [9.17, 15) is 19.4 Å². The van der Waals surface area contributed by atoms with Gasteiger partial charge in [0, 0.05) is 6.92 Å². The van der Waals surface area contributed by atoms with Crippen molar-refractivity contribution in [3.63, 3.8) is 0 Å². The molecule has 0 radical (unpaired) electrons. The van der Waals surface area contributed by atoms with Crippen LogP contribution in [0.3, 0.4) is 0 Å². The second kappa shape index (κ2) is 31.0. The number of amides is 1. The average Bonchev–Trinajstić information content (AvgIpc) is 3.00. The SMILES string of the molecule is CCCCCCCCCCCCCCCCCCCCCC/C=C/CC/C=C/C(O)C(COP(=O)(O)OCC[N+](C)(C)C)NC(C)=O. The normalized spacial score (nSPS) is 15.0. The molecule has 0 saturated heterocycles. The number of carbonyl (C=O) groups excluding carboxylic acids is 1. The van der Waals surface area contributed by atoms with Crippen molar-refractivity contribution >= 4 is 13.7 Å². The van der Waals surface area contributed by atoms with Gasteiger partial charge in [-0.1, -0.05) is 153 Å². The zero-order valence-corrected chi connectivity index (χ0v) is 32.2. The zero-order valence-electron chi connectivity index (χ0n) is 31.3. The predicted octanol–water partition coefficient (Wildman–Crippen LogP) is 9.80. The van der Waals surface area contributed by atoms with E-state index in [1.165, 1.54) is 135 Å². The van der Waals surface area contributed by atoms with Gasteiger partial charge in [0.1, 0.15) is 13.2 Å². The van der Waals surface area contributed by atoms with Crippen LogP contribution in [0.5, 0.6) is 0 Å². The van der Waals surface area contributed by atoms with Gasteiger partial charge in [-0.15, -0.1) is 0 Å². The van der Waals surface area contributed by atoms with Crippen molar-refractivity contribution in [1.82, 2.24) is 5.32 Å². The number of aliphatic hydroxyl groups excluding tert-OH is 1.